The molecule has 8 heteroatoms. The lowest BCUT2D eigenvalue weighted by Crippen LogP contribution is -2.38. The molecule has 0 aliphatic carbocycles. The number of nitrogens with one attached hydrogen (secondary N) is 2. The van der Waals surface area contributed by atoms with Crippen molar-refractivity contribution < 1.29 is 22.8 Å². The van der Waals surface area contributed by atoms with Crippen LogP contribution >= 0.6 is 15.9 Å². The van der Waals surface area contributed by atoms with Crippen molar-refractivity contribution in [2.75, 3.05) is 13.1 Å². The monoisotopic (exact) mass is 352 g/mol. The van der Waals surface area contributed by atoms with Crippen LogP contribution in [0, 0.1) is 0 Å². The van der Waals surface area contributed by atoms with Gasteiger partial charge in [0.05, 0.1) is 0 Å². The molecule has 0 heterocycles. The van der Waals surface area contributed by atoms with Crippen molar-refractivity contribution in [2.45, 2.75) is 12.6 Å². The lowest BCUT2D eigenvalue weighted by atomic mass is 10.2. The number of carbonyl (C=O) groups is 2. The number of amides is 2. The number of alkyl halides is 3. The molecule has 0 saturated heterocycles. The highest BCUT2D eigenvalue weighted by molar-refractivity contribution is 9.10. The second-order valence-corrected chi connectivity index (χ2v) is 4.79. The molecule has 2 N–H and O–H groups in total. The first-order valence-corrected chi connectivity index (χ1v) is 6.49. The summed E-state index contributed by atoms with van der Waals surface area (Å²) in [5.41, 5.74) is 0.443. The first kappa shape index (κ1) is 16.5. The van der Waals surface area contributed by atoms with E-state index in [0.717, 1.165) is 4.47 Å². The molecule has 0 aromatic heterocycles. The number of rotatable bonds is 5. The molecule has 0 aliphatic rings. The van der Waals surface area contributed by atoms with Gasteiger partial charge in [0.15, 0.2) is 0 Å². The summed E-state index contributed by atoms with van der Waals surface area (Å²) in [6, 6.07) is 6.71. The third kappa shape index (κ3) is 5.60. The molecule has 0 aliphatic heterocycles. The van der Waals surface area contributed by atoms with E-state index in [1.165, 1.54) is 0 Å². The Bertz CT molecular complexity index is 492. The third-order valence-corrected chi connectivity index (χ3v) is 2.76. The van der Waals surface area contributed by atoms with Gasteiger partial charge in [0, 0.05) is 23.1 Å². The SMILES string of the molecule is O=C(NCCCNC(=O)C(F)(F)F)c1cccc(Br)c1. The van der Waals surface area contributed by atoms with Crippen LogP contribution in [0.15, 0.2) is 28.7 Å². The van der Waals surface area contributed by atoms with E-state index in [-0.39, 0.29) is 25.4 Å². The van der Waals surface area contributed by atoms with E-state index in [9.17, 15) is 22.8 Å². The molecule has 0 spiro atoms. The summed E-state index contributed by atoms with van der Waals surface area (Å²) in [4.78, 5) is 22.1. The van der Waals surface area contributed by atoms with Crippen LogP contribution in [-0.2, 0) is 4.79 Å². The Hall–Kier alpha value is -1.57. The summed E-state index contributed by atoms with van der Waals surface area (Å²) < 4.78 is 36.3. The van der Waals surface area contributed by atoms with Gasteiger partial charge in [-0.15, -0.1) is 0 Å². The van der Waals surface area contributed by atoms with Crippen molar-refractivity contribution in [1.29, 1.82) is 0 Å². The average Bonchev–Trinajstić information content (AvgIpc) is 2.36. The number of benzene rings is 1. The van der Waals surface area contributed by atoms with Crippen molar-refractivity contribution in [1.82, 2.24) is 10.6 Å². The van der Waals surface area contributed by atoms with Gasteiger partial charge in [0.1, 0.15) is 0 Å². The number of halogens is 4. The Morgan fingerprint density at radius 1 is 1.15 bits per heavy atom. The van der Waals surface area contributed by atoms with Crippen LogP contribution in [0.1, 0.15) is 16.8 Å². The molecule has 0 bridgehead atoms. The highest BCUT2D eigenvalue weighted by Gasteiger charge is 2.38. The zero-order valence-corrected chi connectivity index (χ0v) is 11.8. The third-order valence-electron chi connectivity index (χ3n) is 2.27. The van der Waals surface area contributed by atoms with Gasteiger partial charge in [-0.05, 0) is 24.6 Å². The van der Waals surface area contributed by atoms with Gasteiger partial charge in [-0.25, -0.2) is 0 Å². The van der Waals surface area contributed by atoms with Crippen LogP contribution in [0.5, 0.6) is 0 Å². The maximum Gasteiger partial charge on any atom is 0.471 e. The maximum absolute atomic E-state index is 11.9. The number of carbonyl (C=O) groups excluding carboxylic acids is 2. The number of hydrogen-bond acceptors (Lipinski definition) is 2. The number of hydrogen-bond donors (Lipinski definition) is 2. The van der Waals surface area contributed by atoms with E-state index in [1.807, 2.05) is 0 Å². The summed E-state index contributed by atoms with van der Waals surface area (Å²) >= 11 is 3.22. The Labute approximate surface area is 121 Å². The maximum atomic E-state index is 11.9. The van der Waals surface area contributed by atoms with Crippen LogP contribution in [0.4, 0.5) is 13.2 Å². The fourth-order valence-corrected chi connectivity index (χ4v) is 1.72. The van der Waals surface area contributed by atoms with E-state index in [1.54, 1.807) is 29.6 Å². The van der Waals surface area contributed by atoms with Gasteiger partial charge in [-0.1, -0.05) is 22.0 Å². The van der Waals surface area contributed by atoms with E-state index in [2.05, 4.69) is 21.2 Å². The summed E-state index contributed by atoms with van der Waals surface area (Å²) in [5.74, 6) is -2.30. The van der Waals surface area contributed by atoms with Crippen LogP contribution in [0.2, 0.25) is 0 Å². The summed E-state index contributed by atoms with van der Waals surface area (Å²) in [6.45, 7) is 0.0145. The van der Waals surface area contributed by atoms with Crippen LogP contribution in [0.3, 0.4) is 0 Å². The molecular formula is C12H12BrF3N2O2. The van der Waals surface area contributed by atoms with Crippen LogP contribution in [-0.4, -0.2) is 31.1 Å². The fourth-order valence-electron chi connectivity index (χ4n) is 1.32. The van der Waals surface area contributed by atoms with Crippen LogP contribution in [0.25, 0.3) is 0 Å². The molecule has 1 aromatic carbocycles. The van der Waals surface area contributed by atoms with Crippen molar-refractivity contribution in [3.63, 3.8) is 0 Å². The molecule has 110 valence electrons. The lowest BCUT2D eigenvalue weighted by molar-refractivity contribution is -0.173. The van der Waals surface area contributed by atoms with E-state index >= 15 is 0 Å². The van der Waals surface area contributed by atoms with Gasteiger partial charge in [0.2, 0.25) is 0 Å². The molecular weight excluding hydrogens is 341 g/mol. The largest absolute Gasteiger partial charge is 0.471 e. The minimum atomic E-state index is -4.88. The Kier molecular flexibility index (Phi) is 6.00. The van der Waals surface area contributed by atoms with Crippen molar-refractivity contribution in [2.24, 2.45) is 0 Å². The predicted octanol–water partition coefficient (Wildman–Crippen LogP) is 2.25. The highest BCUT2D eigenvalue weighted by Crippen LogP contribution is 2.14. The zero-order valence-electron chi connectivity index (χ0n) is 10.3. The normalized spacial score (nSPS) is 11.0. The molecule has 1 aromatic rings. The molecule has 0 fully saturated rings. The molecule has 0 unspecified atom stereocenters. The smallest absolute Gasteiger partial charge is 0.352 e. The minimum absolute atomic E-state index is 0.156. The molecule has 2 amide bonds. The second kappa shape index (κ2) is 7.28. The Morgan fingerprint density at radius 3 is 2.40 bits per heavy atom. The van der Waals surface area contributed by atoms with Gasteiger partial charge in [-0.2, -0.15) is 13.2 Å². The topological polar surface area (TPSA) is 58.2 Å². The Morgan fingerprint density at radius 2 is 1.80 bits per heavy atom. The zero-order chi connectivity index (χ0) is 15.2. The summed E-state index contributed by atoms with van der Waals surface area (Å²) in [7, 11) is 0. The van der Waals surface area contributed by atoms with E-state index in [4.69, 9.17) is 0 Å². The minimum Gasteiger partial charge on any atom is -0.352 e. The highest BCUT2D eigenvalue weighted by atomic mass is 79.9. The first-order chi connectivity index (χ1) is 9.30. The fraction of sp³-hybridized carbons (Fsp3) is 0.333. The molecule has 0 atom stereocenters. The molecule has 1 rings (SSSR count). The van der Waals surface area contributed by atoms with E-state index in [0.29, 0.717) is 5.56 Å². The molecule has 0 radical (unpaired) electrons. The van der Waals surface area contributed by atoms with Gasteiger partial charge < -0.3 is 10.6 Å². The van der Waals surface area contributed by atoms with Crippen molar-refractivity contribution in [3.8, 4) is 0 Å². The van der Waals surface area contributed by atoms with Gasteiger partial charge >= 0.3 is 12.1 Å². The molecule has 4 nitrogen and oxygen atoms in total. The molecule has 0 saturated carbocycles. The van der Waals surface area contributed by atoms with Gasteiger partial charge in [0.25, 0.3) is 5.91 Å². The predicted molar refractivity (Wildman–Crippen MR) is 70.2 cm³/mol. The lowest BCUT2D eigenvalue weighted by Gasteiger charge is -2.08. The van der Waals surface area contributed by atoms with E-state index < -0.39 is 12.1 Å². The van der Waals surface area contributed by atoms with Crippen LogP contribution < -0.4 is 10.6 Å². The summed E-state index contributed by atoms with van der Waals surface area (Å²) in [5, 5.41) is 4.27. The van der Waals surface area contributed by atoms with Gasteiger partial charge in [-0.3, -0.25) is 9.59 Å². The first-order valence-electron chi connectivity index (χ1n) is 5.69. The standard InChI is InChI=1S/C12H12BrF3N2O2/c13-9-4-1-3-8(7-9)10(19)17-5-2-6-18-11(20)12(14,15)16/h1,3-4,7H,2,5-6H2,(H,17,19)(H,18,20). The molecule has 20 heavy (non-hydrogen) atoms. The second-order valence-electron chi connectivity index (χ2n) is 3.87. The quantitative estimate of drug-likeness (QED) is 0.798. The van der Waals surface area contributed by atoms with Crippen molar-refractivity contribution >= 4 is 27.7 Å². The van der Waals surface area contributed by atoms with Crippen molar-refractivity contribution in [3.05, 3.63) is 34.3 Å². The average molecular weight is 353 g/mol. The summed E-state index contributed by atoms with van der Waals surface area (Å²) in [6.07, 6.45) is -4.67. The Balaban J connectivity index is 2.25.